The second kappa shape index (κ2) is 5.04. The van der Waals surface area contributed by atoms with Crippen molar-refractivity contribution in [2.75, 3.05) is 0 Å². The Balaban J connectivity index is 0. The zero-order chi connectivity index (χ0) is 5.21. The summed E-state index contributed by atoms with van der Waals surface area (Å²) in [6.45, 7) is 0. The van der Waals surface area contributed by atoms with E-state index in [4.69, 9.17) is 0 Å². The Bertz CT molecular complexity index is 44.7. The fourth-order valence-corrected chi connectivity index (χ4v) is 0. The molecule has 0 amide bonds. The molecule has 6 heteroatoms. The molecule has 0 bridgehead atoms. The van der Waals surface area contributed by atoms with Gasteiger partial charge in [0.15, 0.2) is 3.83 Å². The summed E-state index contributed by atoms with van der Waals surface area (Å²) >= 11 is 0.788. The molecular weight excluding hydrogens is 246 g/mol. The molecule has 0 heterocycles. The zero-order valence-electron chi connectivity index (χ0n) is 4.01. The fraction of sp³-hybridized carbons (Fsp3) is 1.00. The molecule has 0 atom stereocenters. The molecule has 38 valence electrons. The molecule has 0 aromatic heterocycles. The van der Waals surface area contributed by atoms with E-state index in [0.717, 1.165) is 22.6 Å². The first kappa shape index (κ1) is 12.0. The summed E-state index contributed by atoms with van der Waals surface area (Å²) in [4.78, 5) is 0. The summed E-state index contributed by atoms with van der Waals surface area (Å²) in [5.41, 5.74) is 0. The molecule has 0 saturated heterocycles. The molecule has 0 spiro atoms. The van der Waals surface area contributed by atoms with Crippen LogP contribution in [0.4, 0.5) is 13.1 Å². The van der Waals surface area contributed by atoms with Gasteiger partial charge in [0.2, 0.25) is 7.56 Å². The van der Waals surface area contributed by atoms with Crippen molar-refractivity contribution in [1.82, 2.24) is 0 Å². The normalized spacial score (nSPS) is 10.3. The largest absolute Gasteiger partial charge is 1.00 e. The third kappa shape index (κ3) is 11.7. The van der Waals surface area contributed by atoms with E-state index in [0.29, 0.717) is 0 Å². The third-order valence-electron chi connectivity index (χ3n) is 0.214. The van der Waals surface area contributed by atoms with E-state index in [2.05, 4.69) is 0 Å². The smallest absolute Gasteiger partial charge is 0.518 e. The molecule has 0 aromatic carbocycles. The second-order valence-electron chi connectivity index (χ2n) is 0.970. The van der Waals surface area contributed by atoms with Crippen LogP contribution in [0.3, 0.4) is 0 Å². The average Bonchev–Trinajstić information content (AvgIpc) is 1.35. The predicted octanol–water partition coefficient (Wildman–Crippen LogP) is -1.97. The first-order valence-corrected chi connectivity index (χ1v) is 2.52. The van der Waals surface area contributed by atoms with Crippen molar-refractivity contribution < 1.29 is 64.5 Å². The fourth-order valence-electron chi connectivity index (χ4n) is 0. The van der Waals surface area contributed by atoms with Crippen LogP contribution in [0.1, 0.15) is 0 Å². The molecule has 7 heavy (non-hydrogen) atoms. The van der Waals surface area contributed by atoms with Crippen LogP contribution in [0.25, 0.3) is 0 Å². The van der Waals surface area contributed by atoms with E-state index in [9.17, 15) is 13.1 Å². The van der Waals surface area contributed by atoms with E-state index in [1.54, 1.807) is 0 Å². The van der Waals surface area contributed by atoms with E-state index in [-0.39, 0.29) is 51.4 Å². The van der Waals surface area contributed by atoms with Crippen LogP contribution in [0, 0.1) is 0 Å². The summed E-state index contributed by atoms with van der Waals surface area (Å²) in [6, 6.07) is 0. The Morgan fingerprint density at radius 2 is 1.57 bits per heavy atom. The first-order valence-electron chi connectivity index (χ1n) is 1.44. The summed E-state index contributed by atoms with van der Waals surface area (Å²) < 4.78 is 30.1. The molecule has 0 aliphatic heterocycles. The number of rotatable bonds is 1. The van der Waals surface area contributed by atoms with Gasteiger partial charge in [-0.2, -0.15) is 0 Å². The maximum absolute atomic E-state index is 11.1. The molecular formula is CH2BF3IK. The molecule has 0 rings (SSSR count). The van der Waals surface area contributed by atoms with Gasteiger partial charge in [-0.25, -0.2) is 8.78 Å². The van der Waals surface area contributed by atoms with E-state index >= 15 is 0 Å². The summed E-state index contributed by atoms with van der Waals surface area (Å²) in [7, 11) is -2.49. The Labute approximate surface area is 96.5 Å². The minimum atomic E-state index is -3.03. The molecule has 0 N–H and O–H groups in total. The van der Waals surface area contributed by atoms with Gasteiger partial charge in [-0.05, 0) is 22.6 Å². The minimum Gasteiger partial charge on any atom is -0.518 e. The monoisotopic (exact) mass is 248 g/mol. The van der Waals surface area contributed by atoms with Crippen molar-refractivity contribution in [3.05, 3.63) is 0 Å². The molecule has 0 unspecified atom stereocenters. The van der Waals surface area contributed by atoms with Crippen LogP contribution in [-0.4, -0.2) is 11.4 Å². The summed E-state index contributed by atoms with van der Waals surface area (Å²) in [5.74, 6) is 0. The van der Waals surface area contributed by atoms with Crippen LogP contribution >= 0.6 is 22.6 Å². The first-order chi connectivity index (χ1) is 2.56. The van der Waals surface area contributed by atoms with E-state index < -0.39 is 11.4 Å². The second-order valence-corrected chi connectivity index (χ2v) is 2.86. The van der Waals surface area contributed by atoms with Crippen molar-refractivity contribution in [3.8, 4) is 0 Å². The van der Waals surface area contributed by atoms with Crippen molar-refractivity contribution in [3.63, 3.8) is 0 Å². The van der Waals surface area contributed by atoms with Gasteiger partial charge in [0.05, 0.1) is 0 Å². The molecule has 0 fully saturated rings. The Morgan fingerprint density at radius 1 is 1.43 bits per heavy atom. The minimum absolute atomic E-state index is 0. The number of halogens is 4. The van der Waals surface area contributed by atoms with Gasteiger partial charge in [-0.3, -0.25) is 0 Å². The zero-order valence-corrected chi connectivity index (χ0v) is 9.29. The quantitative estimate of drug-likeness (QED) is 0.287. The molecule has 0 aliphatic carbocycles. The predicted molar refractivity (Wildman–Crippen MR) is 28.6 cm³/mol. The van der Waals surface area contributed by atoms with Crippen LogP contribution in [0.2, 0.25) is 0 Å². The molecule has 0 nitrogen and oxygen atoms in total. The Hall–Kier alpha value is 2.22. The average molecular weight is 248 g/mol. The van der Waals surface area contributed by atoms with Gasteiger partial charge in [0.1, 0.15) is 0 Å². The molecule has 0 aromatic rings. The standard InChI is InChI=1S/CH2BF3I.K/c3-1(4,6)2-5;/h2H2;/q-1;+1. The summed E-state index contributed by atoms with van der Waals surface area (Å²) in [6.07, 6.45) is 0. The molecule has 0 saturated carbocycles. The van der Waals surface area contributed by atoms with Gasteiger partial charge in [-0.1, -0.05) is 0 Å². The summed E-state index contributed by atoms with van der Waals surface area (Å²) in [5, 5.41) is 0. The van der Waals surface area contributed by atoms with E-state index in [1.165, 1.54) is 0 Å². The van der Waals surface area contributed by atoms with Crippen molar-refractivity contribution >= 4 is 30.1 Å². The van der Waals surface area contributed by atoms with Gasteiger partial charge in [0, 0.05) is 0 Å². The van der Waals surface area contributed by atoms with Gasteiger partial charge < -0.3 is 4.32 Å². The van der Waals surface area contributed by atoms with Crippen LogP contribution in [0.5, 0.6) is 0 Å². The van der Waals surface area contributed by atoms with Crippen molar-refractivity contribution in [2.45, 2.75) is 3.83 Å². The maximum atomic E-state index is 11.1. The van der Waals surface area contributed by atoms with Crippen LogP contribution in [-0.2, 0) is 0 Å². The van der Waals surface area contributed by atoms with Gasteiger partial charge in [0.25, 0.3) is 0 Å². The molecule has 0 radical (unpaired) electrons. The van der Waals surface area contributed by atoms with Gasteiger partial charge >= 0.3 is 51.4 Å². The van der Waals surface area contributed by atoms with Gasteiger partial charge in [-0.15, -0.1) is 0 Å². The molecule has 0 aliphatic rings. The van der Waals surface area contributed by atoms with Crippen LogP contribution < -0.4 is 51.4 Å². The maximum Gasteiger partial charge on any atom is 1.00 e. The van der Waals surface area contributed by atoms with Crippen molar-refractivity contribution in [2.24, 2.45) is 0 Å². The van der Waals surface area contributed by atoms with Crippen molar-refractivity contribution in [1.29, 1.82) is 0 Å². The van der Waals surface area contributed by atoms with E-state index in [1.807, 2.05) is 0 Å². The Kier molecular flexibility index (Phi) is 8.61. The SMILES string of the molecule is F[BH2-]C(F)(F)I.[K+]. The Morgan fingerprint density at radius 3 is 1.57 bits per heavy atom. The van der Waals surface area contributed by atoms with Crippen LogP contribution in [0.15, 0.2) is 0 Å². The number of hydrogen-bond acceptors (Lipinski definition) is 0. The third-order valence-corrected chi connectivity index (χ3v) is 0.622. The number of hydrogen-bond donors (Lipinski definition) is 0. The topological polar surface area (TPSA) is 0 Å². The number of alkyl halides is 3.